The molecule has 0 bridgehead atoms. The molecule has 4 aromatic rings. The zero-order valence-corrected chi connectivity index (χ0v) is 22.1. The fraction of sp³-hybridized carbons (Fsp3) is 0.133. The summed E-state index contributed by atoms with van der Waals surface area (Å²) in [6.45, 7) is 2.05. The van der Waals surface area contributed by atoms with Crippen molar-refractivity contribution < 1.29 is 18.0 Å². The van der Waals surface area contributed by atoms with Crippen molar-refractivity contribution in [1.82, 2.24) is 4.72 Å². The lowest BCUT2D eigenvalue weighted by molar-refractivity contribution is -0.121. The summed E-state index contributed by atoms with van der Waals surface area (Å²) in [6.07, 6.45) is 0. The SMILES string of the molecule is Cc1ccc(S(=O)(=O)N[C@H](C(=O)c2ccccc2)[C@@]2(Cl)C(=O)N(Cc3ccccc3)c3ccccc32)cc1. The highest BCUT2D eigenvalue weighted by Crippen LogP contribution is 2.48. The van der Waals surface area contributed by atoms with Crippen molar-refractivity contribution in [3.8, 4) is 0 Å². The Labute approximate surface area is 226 Å². The number of sulfonamides is 1. The van der Waals surface area contributed by atoms with Gasteiger partial charge in [0.05, 0.1) is 11.4 Å². The standard InChI is InChI=1S/C30H25ClN2O4S/c1-21-16-18-24(19-17-21)38(36,37)32-28(27(34)23-12-6-3-7-13-23)30(31)25-14-8-9-15-26(25)33(29(30)35)20-22-10-4-2-5-11-22/h2-19,28,32H,20H2,1H3/t28-,30-/m1/s1. The van der Waals surface area contributed by atoms with E-state index in [2.05, 4.69) is 4.72 Å². The minimum Gasteiger partial charge on any atom is -0.306 e. The van der Waals surface area contributed by atoms with Crippen LogP contribution in [0.2, 0.25) is 0 Å². The molecule has 1 heterocycles. The summed E-state index contributed by atoms with van der Waals surface area (Å²) < 4.78 is 29.6. The van der Waals surface area contributed by atoms with Crippen LogP contribution in [0.3, 0.4) is 0 Å². The van der Waals surface area contributed by atoms with E-state index in [9.17, 15) is 18.0 Å². The number of hydrogen-bond donors (Lipinski definition) is 1. The van der Waals surface area contributed by atoms with Gasteiger partial charge >= 0.3 is 0 Å². The number of hydrogen-bond acceptors (Lipinski definition) is 4. The predicted octanol–water partition coefficient (Wildman–Crippen LogP) is 5.21. The Balaban J connectivity index is 1.63. The van der Waals surface area contributed by atoms with Crippen molar-refractivity contribution in [2.24, 2.45) is 0 Å². The fourth-order valence-corrected chi connectivity index (χ4v) is 6.37. The van der Waals surface area contributed by atoms with Crippen LogP contribution in [-0.2, 0) is 26.2 Å². The van der Waals surface area contributed by atoms with Gasteiger partial charge in [-0.3, -0.25) is 9.59 Å². The van der Waals surface area contributed by atoms with E-state index in [0.717, 1.165) is 11.1 Å². The van der Waals surface area contributed by atoms with Gasteiger partial charge < -0.3 is 4.90 Å². The van der Waals surface area contributed by atoms with E-state index in [1.54, 1.807) is 66.7 Å². The van der Waals surface area contributed by atoms with Crippen molar-refractivity contribution in [1.29, 1.82) is 0 Å². The third-order valence-corrected chi connectivity index (χ3v) is 8.67. The molecule has 8 heteroatoms. The molecule has 1 aliphatic rings. The molecule has 0 radical (unpaired) electrons. The number of nitrogens with one attached hydrogen (secondary N) is 1. The lowest BCUT2D eigenvalue weighted by Gasteiger charge is -2.31. The van der Waals surface area contributed by atoms with E-state index in [-0.39, 0.29) is 17.0 Å². The first-order valence-corrected chi connectivity index (χ1v) is 13.9. The first kappa shape index (κ1) is 25.9. The Hall–Kier alpha value is -3.78. The summed E-state index contributed by atoms with van der Waals surface area (Å²) in [7, 11) is -4.23. The van der Waals surface area contributed by atoms with Crippen LogP contribution in [0.1, 0.15) is 27.0 Å². The van der Waals surface area contributed by atoms with Crippen molar-refractivity contribution in [3.63, 3.8) is 0 Å². The summed E-state index contributed by atoms with van der Waals surface area (Å²) in [4.78, 5) is 27.5. The van der Waals surface area contributed by atoms with Gasteiger partial charge in [-0.25, -0.2) is 8.42 Å². The van der Waals surface area contributed by atoms with Crippen LogP contribution in [0.25, 0.3) is 0 Å². The minimum absolute atomic E-state index is 0.0332. The molecule has 192 valence electrons. The van der Waals surface area contributed by atoms with E-state index in [1.807, 2.05) is 37.3 Å². The van der Waals surface area contributed by atoms with Crippen molar-refractivity contribution >= 4 is 39.0 Å². The molecule has 0 spiro atoms. The zero-order valence-electron chi connectivity index (χ0n) is 20.5. The Morgan fingerprint density at radius 1 is 0.868 bits per heavy atom. The number of halogens is 1. The maximum Gasteiger partial charge on any atom is 0.255 e. The van der Waals surface area contributed by atoms with Crippen LogP contribution < -0.4 is 9.62 Å². The number of amides is 1. The van der Waals surface area contributed by atoms with Gasteiger partial charge in [0.1, 0.15) is 6.04 Å². The average Bonchev–Trinajstić information content (AvgIpc) is 3.15. The topological polar surface area (TPSA) is 83.5 Å². The molecule has 6 nitrogen and oxygen atoms in total. The predicted molar refractivity (Wildman–Crippen MR) is 148 cm³/mol. The highest BCUT2D eigenvalue weighted by Gasteiger charge is 2.58. The first-order chi connectivity index (χ1) is 18.2. The molecule has 5 rings (SSSR count). The molecule has 0 saturated carbocycles. The molecule has 0 aromatic heterocycles. The summed E-state index contributed by atoms with van der Waals surface area (Å²) >= 11 is 7.20. The number of fused-ring (bicyclic) bond motifs is 1. The van der Waals surface area contributed by atoms with Crippen LogP contribution in [-0.4, -0.2) is 26.2 Å². The van der Waals surface area contributed by atoms with Gasteiger partial charge in [-0.05, 0) is 30.7 Å². The summed E-state index contributed by atoms with van der Waals surface area (Å²) in [5.41, 5.74) is 2.87. The first-order valence-electron chi connectivity index (χ1n) is 12.0. The minimum atomic E-state index is -4.23. The van der Waals surface area contributed by atoms with Gasteiger partial charge in [0, 0.05) is 16.8 Å². The van der Waals surface area contributed by atoms with Crippen LogP contribution in [0, 0.1) is 6.92 Å². The third kappa shape index (κ3) is 4.65. The normalized spacial score (nSPS) is 17.7. The number of aryl methyl sites for hydroxylation is 1. The molecule has 1 N–H and O–H groups in total. The van der Waals surface area contributed by atoms with Gasteiger partial charge in [0.2, 0.25) is 10.0 Å². The van der Waals surface area contributed by atoms with Gasteiger partial charge in [-0.15, -0.1) is 11.6 Å². The van der Waals surface area contributed by atoms with Crippen molar-refractivity contribution in [3.05, 3.63) is 131 Å². The molecule has 0 saturated heterocycles. The molecule has 1 amide bonds. The van der Waals surface area contributed by atoms with E-state index in [1.165, 1.54) is 17.0 Å². The molecule has 38 heavy (non-hydrogen) atoms. The molecular formula is C30H25ClN2O4S. The smallest absolute Gasteiger partial charge is 0.255 e. The van der Waals surface area contributed by atoms with Crippen molar-refractivity contribution in [2.75, 3.05) is 4.90 Å². The van der Waals surface area contributed by atoms with Crippen LogP contribution in [0.5, 0.6) is 0 Å². The molecule has 4 aromatic carbocycles. The Bertz CT molecular complexity index is 1590. The number of nitrogens with zero attached hydrogens (tertiary/aromatic N) is 1. The van der Waals surface area contributed by atoms with E-state index in [0.29, 0.717) is 11.3 Å². The number of anilines is 1. The van der Waals surface area contributed by atoms with E-state index < -0.39 is 32.6 Å². The molecule has 2 atom stereocenters. The monoisotopic (exact) mass is 544 g/mol. The number of Topliss-reactive ketones (excluding diaryl/α,β-unsaturated/α-hetero) is 1. The van der Waals surface area contributed by atoms with Gasteiger partial charge in [0.15, 0.2) is 10.7 Å². The Kier molecular flexibility index (Phi) is 6.92. The molecular weight excluding hydrogens is 520 g/mol. The largest absolute Gasteiger partial charge is 0.306 e. The summed E-state index contributed by atoms with van der Waals surface area (Å²) in [6, 6.07) is 29.1. The Morgan fingerprint density at radius 3 is 2.11 bits per heavy atom. The molecule has 0 fully saturated rings. The molecule has 0 unspecified atom stereocenters. The number of carbonyl (C=O) groups excluding carboxylic acids is 2. The summed E-state index contributed by atoms with van der Waals surface area (Å²) in [5.74, 6) is -1.19. The number of para-hydroxylation sites is 1. The number of alkyl halides is 1. The number of benzene rings is 4. The average molecular weight is 545 g/mol. The van der Waals surface area contributed by atoms with Crippen LogP contribution in [0.4, 0.5) is 5.69 Å². The quantitative estimate of drug-likeness (QED) is 0.244. The van der Waals surface area contributed by atoms with Crippen LogP contribution in [0.15, 0.2) is 114 Å². The van der Waals surface area contributed by atoms with Crippen molar-refractivity contribution in [2.45, 2.75) is 29.3 Å². The second-order valence-electron chi connectivity index (χ2n) is 9.20. The highest BCUT2D eigenvalue weighted by atomic mass is 35.5. The number of rotatable bonds is 8. The van der Waals surface area contributed by atoms with Gasteiger partial charge in [0.25, 0.3) is 5.91 Å². The lowest BCUT2D eigenvalue weighted by Crippen LogP contribution is -2.56. The van der Waals surface area contributed by atoms with Gasteiger partial charge in [-0.2, -0.15) is 4.72 Å². The second kappa shape index (κ2) is 10.2. The second-order valence-corrected chi connectivity index (χ2v) is 11.5. The van der Waals surface area contributed by atoms with Crippen LogP contribution >= 0.6 is 11.6 Å². The number of carbonyl (C=O) groups is 2. The number of ketones is 1. The maximum absolute atomic E-state index is 14.1. The fourth-order valence-electron chi connectivity index (χ4n) is 4.66. The van der Waals surface area contributed by atoms with E-state index >= 15 is 0 Å². The lowest BCUT2D eigenvalue weighted by atomic mass is 9.87. The Morgan fingerprint density at radius 2 is 1.45 bits per heavy atom. The molecule has 0 aliphatic carbocycles. The van der Waals surface area contributed by atoms with Gasteiger partial charge in [-0.1, -0.05) is 96.6 Å². The maximum atomic E-state index is 14.1. The van der Waals surface area contributed by atoms with E-state index in [4.69, 9.17) is 11.6 Å². The highest BCUT2D eigenvalue weighted by molar-refractivity contribution is 7.89. The zero-order chi connectivity index (χ0) is 26.9. The molecule has 1 aliphatic heterocycles. The summed E-state index contributed by atoms with van der Waals surface area (Å²) in [5, 5.41) is 0. The third-order valence-electron chi connectivity index (χ3n) is 6.65.